The van der Waals surface area contributed by atoms with Crippen LogP contribution in [0.5, 0.6) is 0 Å². The molecule has 1 unspecified atom stereocenters. The van der Waals surface area contributed by atoms with E-state index in [1.54, 1.807) is 0 Å². The van der Waals surface area contributed by atoms with Gasteiger partial charge >= 0.3 is 0 Å². The maximum absolute atomic E-state index is 9.53. The van der Waals surface area contributed by atoms with E-state index in [0.717, 1.165) is 23.6 Å². The molecule has 0 fully saturated rings. The molecule has 2 N–H and O–H groups in total. The van der Waals surface area contributed by atoms with Crippen LogP contribution in [0.25, 0.3) is 0 Å². The molecule has 0 aromatic heterocycles. The molecule has 0 saturated heterocycles. The fourth-order valence-electron chi connectivity index (χ4n) is 1.60. The van der Waals surface area contributed by atoms with Crippen molar-refractivity contribution in [1.82, 2.24) is 5.32 Å². The summed E-state index contributed by atoms with van der Waals surface area (Å²) in [6.07, 6.45) is 0. The lowest BCUT2D eigenvalue weighted by Gasteiger charge is -2.29. The van der Waals surface area contributed by atoms with Gasteiger partial charge in [0, 0.05) is 12.3 Å². The fraction of sp³-hybridized carbons (Fsp3) is 0.538. The van der Waals surface area contributed by atoms with Gasteiger partial charge in [-0.15, -0.1) is 0 Å². The minimum absolute atomic E-state index is 0.119. The highest BCUT2D eigenvalue weighted by atomic mass is 32.2. The van der Waals surface area contributed by atoms with E-state index in [2.05, 4.69) is 24.4 Å². The Kier molecular flexibility index (Phi) is 5.88. The molecule has 3 heteroatoms. The van der Waals surface area contributed by atoms with Crippen LogP contribution in [0, 0.1) is 0 Å². The minimum atomic E-state index is -0.324. The molecule has 0 heterocycles. The molecular formula is C13H21NOS. The van der Waals surface area contributed by atoms with Gasteiger partial charge in [0.05, 0.1) is 12.1 Å². The van der Waals surface area contributed by atoms with Crippen LogP contribution in [0.1, 0.15) is 19.4 Å². The lowest BCUT2D eigenvalue weighted by molar-refractivity contribution is 0.177. The van der Waals surface area contributed by atoms with Crippen LogP contribution in [-0.2, 0) is 5.54 Å². The topological polar surface area (TPSA) is 32.3 Å². The lowest BCUT2D eigenvalue weighted by Crippen LogP contribution is -2.43. The number of hydrogen-bond donors (Lipinski definition) is 2. The van der Waals surface area contributed by atoms with Crippen molar-refractivity contribution in [3.05, 3.63) is 35.9 Å². The Hall–Kier alpha value is -0.510. The largest absolute Gasteiger partial charge is 0.394 e. The second-order valence-electron chi connectivity index (χ2n) is 3.98. The van der Waals surface area contributed by atoms with Crippen molar-refractivity contribution in [2.24, 2.45) is 0 Å². The molecular weight excluding hydrogens is 218 g/mol. The molecule has 0 saturated carbocycles. The van der Waals surface area contributed by atoms with Crippen LogP contribution in [0.15, 0.2) is 30.3 Å². The highest BCUT2D eigenvalue weighted by Crippen LogP contribution is 2.19. The van der Waals surface area contributed by atoms with Crippen molar-refractivity contribution < 1.29 is 5.11 Å². The van der Waals surface area contributed by atoms with Gasteiger partial charge in [-0.2, -0.15) is 11.8 Å². The van der Waals surface area contributed by atoms with Crippen LogP contribution in [0.2, 0.25) is 0 Å². The van der Waals surface area contributed by atoms with Crippen LogP contribution >= 0.6 is 11.8 Å². The van der Waals surface area contributed by atoms with E-state index in [0.29, 0.717) is 0 Å². The van der Waals surface area contributed by atoms with Gasteiger partial charge in [-0.25, -0.2) is 0 Å². The molecule has 1 rings (SSSR count). The summed E-state index contributed by atoms with van der Waals surface area (Å²) in [7, 11) is 0. The van der Waals surface area contributed by atoms with E-state index >= 15 is 0 Å². The number of rotatable bonds is 7. The number of thioether (sulfide) groups is 1. The highest BCUT2D eigenvalue weighted by molar-refractivity contribution is 7.99. The molecule has 90 valence electrons. The fourth-order valence-corrected chi connectivity index (χ4v) is 2.13. The van der Waals surface area contributed by atoms with Crippen molar-refractivity contribution in [3.8, 4) is 0 Å². The highest BCUT2D eigenvalue weighted by Gasteiger charge is 2.24. The van der Waals surface area contributed by atoms with Gasteiger partial charge in [0.1, 0.15) is 0 Å². The first-order valence-corrected chi connectivity index (χ1v) is 6.87. The van der Waals surface area contributed by atoms with E-state index in [9.17, 15) is 5.11 Å². The minimum Gasteiger partial charge on any atom is -0.394 e. The molecule has 0 bridgehead atoms. The van der Waals surface area contributed by atoms with E-state index in [1.165, 1.54) is 0 Å². The maximum atomic E-state index is 9.53. The standard InChI is InChI=1S/C13H21NOS/c1-3-16-10-9-14-13(2,11-15)12-7-5-4-6-8-12/h4-8,14-15H,3,9-11H2,1-2H3. The SMILES string of the molecule is CCSCCNC(C)(CO)c1ccccc1. The molecule has 1 aromatic rings. The Bertz CT molecular complexity index is 291. The Labute approximate surface area is 102 Å². The smallest absolute Gasteiger partial charge is 0.0652 e. The summed E-state index contributed by atoms with van der Waals surface area (Å²) in [6, 6.07) is 10.1. The van der Waals surface area contributed by atoms with Crippen LogP contribution in [0.4, 0.5) is 0 Å². The van der Waals surface area contributed by atoms with E-state index in [-0.39, 0.29) is 12.1 Å². The maximum Gasteiger partial charge on any atom is 0.0652 e. The van der Waals surface area contributed by atoms with Gasteiger partial charge in [-0.3, -0.25) is 0 Å². The third-order valence-electron chi connectivity index (χ3n) is 2.69. The number of nitrogens with one attached hydrogen (secondary N) is 1. The molecule has 0 aliphatic rings. The van der Waals surface area contributed by atoms with Crippen molar-refractivity contribution in [1.29, 1.82) is 0 Å². The molecule has 0 spiro atoms. The Balaban J connectivity index is 2.56. The third-order valence-corrected chi connectivity index (χ3v) is 3.59. The summed E-state index contributed by atoms with van der Waals surface area (Å²) in [5, 5.41) is 13.0. The number of benzene rings is 1. The number of aliphatic hydroxyl groups excluding tert-OH is 1. The zero-order chi connectivity index (χ0) is 11.9. The molecule has 1 aromatic carbocycles. The molecule has 16 heavy (non-hydrogen) atoms. The summed E-state index contributed by atoms with van der Waals surface area (Å²) in [6.45, 7) is 5.24. The summed E-state index contributed by atoms with van der Waals surface area (Å²) in [4.78, 5) is 0. The molecule has 2 nitrogen and oxygen atoms in total. The molecule has 1 atom stereocenters. The summed E-state index contributed by atoms with van der Waals surface area (Å²) in [5.41, 5.74) is 0.814. The average Bonchev–Trinajstić information content (AvgIpc) is 2.35. The molecule has 0 amide bonds. The zero-order valence-corrected chi connectivity index (χ0v) is 10.9. The first-order chi connectivity index (χ1) is 7.73. The van der Waals surface area contributed by atoms with Gasteiger partial charge in [0.25, 0.3) is 0 Å². The van der Waals surface area contributed by atoms with Gasteiger partial charge in [0.15, 0.2) is 0 Å². The second kappa shape index (κ2) is 6.94. The number of hydrogen-bond acceptors (Lipinski definition) is 3. The normalized spacial score (nSPS) is 14.7. The first kappa shape index (κ1) is 13.6. The van der Waals surface area contributed by atoms with E-state index < -0.39 is 0 Å². The molecule has 0 aliphatic carbocycles. The van der Waals surface area contributed by atoms with Crippen LogP contribution in [0.3, 0.4) is 0 Å². The van der Waals surface area contributed by atoms with Gasteiger partial charge in [-0.05, 0) is 18.2 Å². The quantitative estimate of drug-likeness (QED) is 0.716. The lowest BCUT2D eigenvalue weighted by atomic mass is 9.93. The van der Waals surface area contributed by atoms with Crippen LogP contribution in [-0.4, -0.2) is 29.8 Å². The van der Waals surface area contributed by atoms with Gasteiger partial charge < -0.3 is 10.4 Å². The van der Waals surface area contributed by atoms with Crippen molar-refractivity contribution >= 4 is 11.8 Å². The Morgan fingerprint density at radius 2 is 2.00 bits per heavy atom. The third kappa shape index (κ3) is 3.81. The zero-order valence-electron chi connectivity index (χ0n) is 10.1. The Morgan fingerprint density at radius 1 is 1.31 bits per heavy atom. The monoisotopic (exact) mass is 239 g/mol. The van der Waals surface area contributed by atoms with Crippen molar-refractivity contribution in [2.45, 2.75) is 19.4 Å². The van der Waals surface area contributed by atoms with Crippen molar-refractivity contribution in [2.75, 3.05) is 24.7 Å². The number of aliphatic hydroxyl groups is 1. The predicted molar refractivity (Wildman–Crippen MR) is 71.9 cm³/mol. The Morgan fingerprint density at radius 3 is 2.56 bits per heavy atom. The second-order valence-corrected chi connectivity index (χ2v) is 5.37. The molecule has 0 aliphatic heterocycles. The predicted octanol–water partition coefficient (Wildman–Crippen LogP) is 2.24. The van der Waals surface area contributed by atoms with E-state index in [1.807, 2.05) is 36.9 Å². The van der Waals surface area contributed by atoms with Crippen LogP contribution < -0.4 is 5.32 Å². The summed E-state index contributed by atoms with van der Waals surface area (Å²) < 4.78 is 0. The first-order valence-electron chi connectivity index (χ1n) is 5.72. The van der Waals surface area contributed by atoms with E-state index in [4.69, 9.17) is 0 Å². The van der Waals surface area contributed by atoms with Crippen molar-refractivity contribution in [3.63, 3.8) is 0 Å². The average molecular weight is 239 g/mol. The summed E-state index contributed by atoms with van der Waals surface area (Å²) in [5.74, 6) is 2.22. The van der Waals surface area contributed by atoms with Gasteiger partial charge in [-0.1, -0.05) is 37.3 Å². The molecule has 0 radical (unpaired) electrons. The summed E-state index contributed by atoms with van der Waals surface area (Å²) >= 11 is 1.91. The van der Waals surface area contributed by atoms with Gasteiger partial charge in [0.2, 0.25) is 0 Å².